The van der Waals surface area contributed by atoms with Crippen LogP contribution in [0.5, 0.6) is 0 Å². The number of anilines is 1. The molecule has 1 aromatic rings. The van der Waals surface area contributed by atoms with Gasteiger partial charge in [-0.1, -0.05) is 55.6 Å². The Kier molecular flexibility index (Phi) is 6.56. The quantitative estimate of drug-likeness (QED) is 0.777. The summed E-state index contributed by atoms with van der Waals surface area (Å²) in [7, 11) is 0. The number of nitrogens with one attached hydrogen (secondary N) is 1. The molecule has 1 fully saturated rings. The van der Waals surface area contributed by atoms with Gasteiger partial charge in [0.25, 0.3) is 0 Å². The predicted molar refractivity (Wildman–Crippen MR) is 96.0 cm³/mol. The van der Waals surface area contributed by atoms with Crippen molar-refractivity contribution in [3.63, 3.8) is 0 Å². The smallest absolute Gasteiger partial charge is 0.0423 e. The fourth-order valence-corrected chi connectivity index (χ4v) is 3.51. The van der Waals surface area contributed by atoms with Crippen LogP contribution in [-0.2, 0) is 6.54 Å². The van der Waals surface area contributed by atoms with Crippen LogP contribution in [0.1, 0.15) is 52.0 Å². The van der Waals surface area contributed by atoms with Gasteiger partial charge in [0.2, 0.25) is 0 Å². The van der Waals surface area contributed by atoms with Gasteiger partial charge in [-0.2, -0.15) is 0 Å². The van der Waals surface area contributed by atoms with E-state index in [0.29, 0.717) is 6.04 Å². The largest absolute Gasteiger partial charge is 0.371 e. The lowest BCUT2D eigenvalue weighted by Gasteiger charge is -2.35. The average Bonchev–Trinajstić information content (AvgIpc) is 2.47. The fourth-order valence-electron chi connectivity index (χ4n) is 3.17. The minimum atomic E-state index is 0.525. The fraction of sp³-hybridized carbons (Fsp3) is 0.667. The van der Waals surface area contributed by atoms with Gasteiger partial charge in [-0.05, 0) is 36.5 Å². The first kappa shape index (κ1) is 16.8. The third-order valence-electron chi connectivity index (χ3n) is 4.40. The van der Waals surface area contributed by atoms with Gasteiger partial charge in [0.15, 0.2) is 0 Å². The van der Waals surface area contributed by atoms with Crippen molar-refractivity contribution in [3.8, 4) is 0 Å². The third kappa shape index (κ3) is 5.00. The lowest BCUT2D eigenvalue weighted by atomic mass is 9.92. The van der Waals surface area contributed by atoms with Crippen LogP contribution in [0.3, 0.4) is 0 Å². The molecule has 2 nitrogen and oxygen atoms in total. The molecule has 1 heterocycles. The summed E-state index contributed by atoms with van der Waals surface area (Å²) in [4.78, 5) is 2.58. The predicted octanol–water partition coefficient (Wildman–Crippen LogP) is 4.96. The topological polar surface area (TPSA) is 15.3 Å². The van der Waals surface area contributed by atoms with Crippen molar-refractivity contribution in [1.82, 2.24) is 5.32 Å². The second-order valence-corrected chi connectivity index (χ2v) is 7.44. The summed E-state index contributed by atoms with van der Waals surface area (Å²) in [5, 5.41) is 3.55. The molecule has 0 saturated carbocycles. The van der Waals surface area contributed by atoms with Crippen molar-refractivity contribution < 1.29 is 0 Å². The van der Waals surface area contributed by atoms with E-state index in [1.54, 1.807) is 0 Å². The minimum absolute atomic E-state index is 0.525. The van der Waals surface area contributed by atoms with E-state index in [1.807, 2.05) is 0 Å². The van der Waals surface area contributed by atoms with E-state index in [1.165, 1.54) is 54.5 Å². The summed E-state index contributed by atoms with van der Waals surface area (Å²) in [5.41, 5.74) is 2.83. The Morgan fingerprint density at radius 3 is 2.62 bits per heavy atom. The van der Waals surface area contributed by atoms with E-state index in [4.69, 9.17) is 0 Å². The molecule has 118 valence electrons. The molecule has 1 aliphatic heterocycles. The summed E-state index contributed by atoms with van der Waals surface area (Å²) < 4.78 is 1.18. The normalized spacial score (nSPS) is 16.7. The number of hydrogen-bond acceptors (Lipinski definition) is 2. The lowest BCUT2D eigenvalue weighted by molar-refractivity contribution is 0.378. The van der Waals surface area contributed by atoms with Crippen molar-refractivity contribution in [1.29, 1.82) is 0 Å². The Labute approximate surface area is 138 Å². The average molecular weight is 353 g/mol. The molecule has 21 heavy (non-hydrogen) atoms. The molecule has 0 spiro atoms. The van der Waals surface area contributed by atoms with Crippen molar-refractivity contribution in [2.45, 2.75) is 59.0 Å². The van der Waals surface area contributed by atoms with Crippen molar-refractivity contribution in [3.05, 3.63) is 28.2 Å². The molecule has 0 amide bonds. The Morgan fingerprint density at radius 2 is 2.00 bits per heavy atom. The number of hydrogen-bond donors (Lipinski definition) is 1. The van der Waals surface area contributed by atoms with Gasteiger partial charge in [0.1, 0.15) is 0 Å². The molecular formula is C18H29BrN2. The van der Waals surface area contributed by atoms with Gasteiger partial charge in [0.05, 0.1) is 0 Å². The van der Waals surface area contributed by atoms with E-state index in [-0.39, 0.29) is 0 Å². The van der Waals surface area contributed by atoms with Crippen molar-refractivity contribution >= 4 is 21.6 Å². The first-order chi connectivity index (χ1) is 10.1. The van der Waals surface area contributed by atoms with Gasteiger partial charge in [-0.15, -0.1) is 0 Å². The van der Waals surface area contributed by atoms with E-state index in [0.717, 1.165) is 12.5 Å². The SMILES string of the molecule is CCCC1CCN(c2cc(Br)ccc2CNC(C)C)CC1. The number of nitrogens with zero attached hydrogens (tertiary/aromatic N) is 1. The van der Waals surface area contributed by atoms with Crippen LogP contribution in [-0.4, -0.2) is 19.1 Å². The maximum absolute atomic E-state index is 3.63. The maximum atomic E-state index is 3.63. The molecule has 0 unspecified atom stereocenters. The molecule has 0 radical (unpaired) electrons. The molecule has 0 aromatic heterocycles. The van der Waals surface area contributed by atoms with Crippen LogP contribution in [0, 0.1) is 5.92 Å². The second-order valence-electron chi connectivity index (χ2n) is 6.53. The first-order valence-electron chi connectivity index (χ1n) is 8.37. The lowest BCUT2D eigenvalue weighted by Crippen LogP contribution is -2.35. The Hall–Kier alpha value is -0.540. The van der Waals surface area contributed by atoms with E-state index in [9.17, 15) is 0 Å². The molecule has 1 aromatic carbocycles. The van der Waals surface area contributed by atoms with Crippen LogP contribution < -0.4 is 10.2 Å². The van der Waals surface area contributed by atoms with Crippen molar-refractivity contribution in [2.24, 2.45) is 5.92 Å². The summed E-state index contributed by atoms with van der Waals surface area (Å²) in [6.07, 6.45) is 5.41. The molecule has 1 aliphatic rings. The summed E-state index contributed by atoms with van der Waals surface area (Å²) in [6, 6.07) is 7.23. The van der Waals surface area contributed by atoms with Crippen molar-refractivity contribution in [2.75, 3.05) is 18.0 Å². The van der Waals surface area contributed by atoms with Gasteiger partial charge >= 0.3 is 0 Å². The summed E-state index contributed by atoms with van der Waals surface area (Å²) in [5.74, 6) is 0.940. The number of benzene rings is 1. The number of halogens is 1. The maximum Gasteiger partial charge on any atom is 0.0423 e. The highest BCUT2D eigenvalue weighted by atomic mass is 79.9. The highest BCUT2D eigenvalue weighted by Gasteiger charge is 2.20. The second kappa shape index (κ2) is 8.19. The summed E-state index contributed by atoms with van der Waals surface area (Å²) >= 11 is 3.63. The van der Waals surface area contributed by atoms with Gasteiger partial charge in [-0.25, -0.2) is 0 Å². The van der Waals surface area contributed by atoms with Crippen LogP contribution >= 0.6 is 15.9 Å². The number of rotatable bonds is 6. The van der Waals surface area contributed by atoms with Crippen LogP contribution in [0.15, 0.2) is 22.7 Å². The zero-order chi connectivity index (χ0) is 15.2. The van der Waals surface area contributed by atoms with E-state index < -0.39 is 0 Å². The molecule has 0 bridgehead atoms. The third-order valence-corrected chi connectivity index (χ3v) is 4.89. The van der Waals surface area contributed by atoms with Gasteiger partial charge in [-0.3, -0.25) is 0 Å². The van der Waals surface area contributed by atoms with Gasteiger partial charge in [0, 0.05) is 35.8 Å². The van der Waals surface area contributed by atoms with Crippen LogP contribution in [0.25, 0.3) is 0 Å². The molecule has 0 aliphatic carbocycles. The van der Waals surface area contributed by atoms with E-state index >= 15 is 0 Å². The standard InChI is InChI=1S/C18H29BrN2/c1-4-5-15-8-10-21(11-9-15)18-12-17(19)7-6-16(18)13-20-14(2)3/h6-7,12,14-15,20H,4-5,8-11,13H2,1-3H3. The van der Waals surface area contributed by atoms with Gasteiger partial charge < -0.3 is 10.2 Å². The minimum Gasteiger partial charge on any atom is -0.371 e. The molecule has 1 N–H and O–H groups in total. The molecule has 3 heteroatoms. The Morgan fingerprint density at radius 1 is 1.29 bits per heavy atom. The zero-order valence-corrected chi connectivity index (χ0v) is 15.2. The molecule has 1 saturated heterocycles. The van der Waals surface area contributed by atoms with Crippen LogP contribution in [0.2, 0.25) is 0 Å². The molecule has 0 atom stereocenters. The van der Waals surface area contributed by atoms with E-state index in [2.05, 4.69) is 65.1 Å². The number of piperidine rings is 1. The zero-order valence-electron chi connectivity index (χ0n) is 13.7. The Balaban J connectivity index is 2.06. The highest BCUT2D eigenvalue weighted by molar-refractivity contribution is 9.10. The molecular weight excluding hydrogens is 324 g/mol. The monoisotopic (exact) mass is 352 g/mol. The molecule has 2 rings (SSSR count). The van der Waals surface area contributed by atoms with Crippen LogP contribution in [0.4, 0.5) is 5.69 Å². The highest BCUT2D eigenvalue weighted by Crippen LogP contribution is 2.30. The summed E-state index contributed by atoms with van der Waals surface area (Å²) in [6.45, 7) is 10.1. The first-order valence-corrected chi connectivity index (χ1v) is 9.16. The Bertz CT molecular complexity index is 437.